The molecule has 0 aliphatic rings. The fourth-order valence-corrected chi connectivity index (χ4v) is 4.16. The highest BCUT2D eigenvalue weighted by Gasteiger charge is 2.29. The van der Waals surface area contributed by atoms with Crippen molar-refractivity contribution in [3.8, 4) is 0 Å². The summed E-state index contributed by atoms with van der Waals surface area (Å²) in [5, 5.41) is 0. The molecule has 3 nitrogen and oxygen atoms in total. The van der Waals surface area contributed by atoms with E-state index in [4.69, 9.17) is 19.9 Å². The lowest BCUT2D eigenvalue weighted by Gasteiger charge is -2.21. The molecule has 5 heteroatoms. The highest BCUT2D eigenvalue weighted by molar-refractivity contribution is 7.16. The standard InChI is InChI=1S/C10H18ClNO2Si/c1-3-14-15(11,4-2)7-5-6-10-8-13-9-12-10/h8-9H,3-7H2,1-2H3. The third kappa shape index (κ3) is 4.36. The second-order valence-electron chi connectivity index (χ2n) is 3.50. The number of rotatable bonds is 7. The van der Waals surface area contributed by atoms with Crippen molar-refractivity contribution in [2.24, 2.45) is 0 Å². The zero-order valence-electron chi connectivity index (χ0n) is 9.33. The Labute approximate surface area is 96.6 Å². The monoisotopic (exact) mass is 247 g/mol. The molecule has 1 heterocycles. The largest absolute Gasteiger partial charge is 0.451 e. The topological polar surface area (TPSA) is 35.3 Å². The Morgan fingerprint density at radius 2 is 2.33 bits per heavy atom. The number of oxazole rings is 1. The Morgan fingerprint density at radius 1 is 1.53 bits per heavy atom. The highest BCUT2D eigenvalue weighted by Crippen LogP contribution is 2.24. The van der Waals surface area contributed by atoms with Gasteiger partial charge in [-0.1, -0.05) is 6.92 Å². The van der Waals surface area contributed by atoms with Crippen LogP contribution in [0.25, 0.3) is 0 Å². The molecular formula is C10H18ClNO2Si. The van der Waals surface area contributed by atoms with E-state index in [0.717, 1.165) is 30.6 Å². The quantitative estimate of drug-likeness (QED) is 0.548. The summed E-state index contributed by atoms with van der Waals surface area (Å²) in [5.74, 6) is 0. The summed E-state index contributed by atoms with van der Waals surface area (Å²) < 4.78 is 10.6. The van der Waals surface area contributed by atoms with Crippen LogP contribution in [0.15, 0.2) is 17.1 Å². The Bertz CT molecular complexity index is 268. The summed E-state index contributed by atoms with van der Waals surface area (Å²) in [6.45, 7) is 4.82. The van der Waals surface area contributed by atoms with Crippen LogP contribution in [0.3, 0.4) is 0 Å². The van der Waals surface area contributed by atoms with Crippen molar-refractivity contribution in [1.29, 1.82) is 0 Å². The lowest BCUT2D eigenvalue weighted by Crippen LogP contribution is -2.30. The van der Waals surface area contributed by atoms with Crippen LogP contribution in [0.4, 0.5) is 0 Å². The van der Waals surface area contributed by atoms with Crippen molar-refractivity contribution in [1.82, 2.24) is 4.98 Å². The van der Waals surface area contributed by atoms with Gasteiger partial charge in [0.15, 0.2) is 6.39 Å². The third-order valence-corrected chi connectivity index (χ3v) is 7.06. The molecule has 15 heavy (non-hydrogen) atoms. The highest BCUT2D eigenvalue weighted by atomic mass is 35.6. The average Bonchev–Trinajstić information content (AvgIpc) is 2.71. The molecule has 0 radical (unpaired) electrons. The summed E-state index contributed by atoms with van der Waals surface area (Å²) in [6.07, 6.45) is 5.09. The van der Waals surface area contributed by atoms with Crippen molar-refractivity contribution >= 4 is 18.7 Å². The maximum absolute atomic E-state index is 6.44. The van der Waals surface area contributed by atoms with E-state index in [9.17, 15) is 0 Å². The normalized spacial score (nSPS) is 15.1. The van der Waals surface area contributed by atoms with E-state index < -0.39 is 7.63 Å². The van der Waals surface area contributed by atoms with Crippen LogP contribution in [0.5, 0.6) is 0 Å². The van der Waals surface area contributed by atoms with E-state index in [2.05, 4.69) is 11.9 Å². The molecule has 0 bridgehead atoms. The van der Waals surface area contributed by atoms with Gasteiger partial charge in [0.1, 0.15) is 6.26 Å². The first-order valence-electron chi connectivity index (χ1n) is 5.40. The predicted octanol–water partition coefficient (Wildman–Crippen LogP) is 3.34. The van der Waals surface area contributed by atoms with Crippen LogP contribution < -0.4 is 0 Å². The van der Waals surface area contributed by atoms with Crippen LogP contribution in [0, 0.1) is 0 Å². The van der Waals surface area contributed by atoms with E-state index in [1.807, 2.05) is 6.92 Å². The first kappa shape index (κ1) is 12.7. The van der Waals surface area contributed by atoms with E-state index in [1.165, 1.54) is 6.39 Å². The minimum absolute atomic E-state index is 0.716. The molecule has 1 aromatic heterocycles. The van der Waals surface area contributed by atoms with Gasteiger partial charge in [-0.2, -0.15) is 0 Å². The smallest absolute Gasteiger partial charge is 0.289 e. The Balaban J connectivity index is 2.28. The van der Waals surface area contributed by atoms with Gasteiger partial charge in [0.05, 0.1) is 5.69 Å². The van der Waals surface area contributed by atoms with E-state index in [1.54, 1.807) is 6.26 Å². The van der Waals surface area contributed by atoms with Gasteiger partial charge in [-0.25, -0.2) is 4.98 Å². The summed E-state index contributed by atoms with van der Waals surface area (Å²) in [5.41, 5.74) is 0.996. The average molecular weight is 248 g/mol. The van der Waals surface area contributed by atoms with Crippen LogP contribution >= 0.6 is 11.1 Å². The van der Waals surface area contributed by atoms with Gasteiger partial charge >= 0.3 is 0 Å². The van der Waals surface area contributed by atoms with Gasteiger partial charge in [-0.3, -0.25) is 0 Å². The SMILES string of the molecule is CCO[Si](Cl)(CC)CCCc1cocn1. The Kier molecular flexibility index (Phi) is 5.35. The van der Waals surface area contributed by atoms with Gasteiger partial charge in [-0.05, 0) is 31.9 Å². The Hall–Kier alpha value is -0.323. The van der Waals surface area contributed by atoms with Crippen molar-refractivity contribution in [2.45, 2.75) is 38.8 Å². The second-order valence-corrected chi connectivity index (χ2v) is 8.83. The Morgan fingerprint density at radius 3 is 2.87 bits per heavy atom. The fraction of sp³-hybridized carbons (Fsp3) is 0.700. The van der Waals surface area contributed by atoms with Crippen molar-refractivity contribution in [3.05, 3.63) is 18.4 Å². The summed E-state index contributed by atoms with van der Waals surface area (Å²) >= 11 is 6.44. The number of hydrogen-bond acceptors (Lipinski definition) is 3. The molecule has 0 saturated heterocycles. The van der Waals surface area contributed by atoms with Gasteiger partial charge < -0.3 is 8.84 Å². The second kappa shape index (κ2) is 6.30. The molecule has 0 aliphatic heterocycles. The molecule has 0 saturated carbocycles. The van der Waals surface area contributed by atoms with Gasteiger partial charge in [0, 0.05) is 6.61 Å². The van der Waals surface area contributed by atoms with E-state index in [-0.39, 0.29) is 0 Å². The number of aromatic nitrogens is 1. The van der Waals surface area contributed by atoms with Gasteiger partial charge in [0.2, 0.25) is 0 Å². The van der Waals surface area contributed by atoms with Crippen LogP contribution in [0.2, 0.25) is 12.1 Å². The third-order valence-electron chi connectivity index (χ3n) is 2.40. The minimum atomic E-state index is -1.94. The maximum atomic E-state index is 6.44. The molecule has 0 fully saturated rings. The number of nitrogens with zero attached hydrogens (tertiary/aromatic N) is 1. The van der Waals surface area contributed by atoms with Gasteiger partial charge in [0.25, 0.3) is 7.63 Å². The maximum Gasteiger partial charge on any atom is 0.289 e. The summed E-state index contributed by atoms with van der Waals surface area (Å²) in [4.78, 5) is 4.07. The minimum Gasteiger partial charge on any atom is -0.451 e. The van der Waals surface area contributed by atoms with Crippen LogP contribution in [0.1, 0.15) is 26.0 Å². The van der Waals surface area contributed by atoms with E-state index >= 15 is 0 Å². The van der Waals surface area contributed by atoms with Crippen LogP contribution in [-0.2, 0) is 10.8 Å². The van der Waals surface area contributed by atoms with Crippen LogP contribution in [-0.4, -0.2) is 19.2 Å². The van der Waals surface area contributed by atoms with Crippen molar-refractivity contribution in [2.75, 3.05) is 6.61 Å². The molecule has 1 aromatic rings. The first-order valence-corrected chi connectivity index (χ1v) is 8.73. The molecule has 0 spiro atoms. The zero-order chi connectivity index (χ0) is 11.1. The molecule has 0 amide bonds. The fourth-order valence-electron chi connectivity index (χ4n) is 1.50. The first-order chi connectivity index (χ1) is 7.20. The summed E-state index contributed by atoms with van der Waals surface area (Å²) in [6, 6.07) is 1.94. The molecule has 1 rings (SSSR count). The molecule has 86 valence electrons. The zero-order valence-corrected chi connectivity index (χ0v) is 11.1. The molecule has 0 aliphatic carbocycles. The number of halogens is 1. The van der Waals surface area contributed by atoms with Gasteiger partial charge in [-0.15, -0.1) is 11.1 Å². The lowest BCUT2D eigenvalue weighted by atomic mass is 10.3. The number of hydrogen-bond donors (Lipinski definition) is 0. The van der Waals surface area contributed by atoms with Crippen molar-refractivity contribution < 1.29 is 8.84 Å². The molecule has 1 unspecified atom stereocenters. The predicted molar refractivity (Wildman–Crippen MR) is 63.3 cm³/mol. The molecular weight excluding hydrogens is 230 g/mol. The molecule has 0 aromatic carbocycles. The summed E-state index contributed by atoms with van der Waals surface area (Å²) in [7, 11) is -1.94. The number of aryl methyl sites for hydroxylation is 1. The lowest BCUT2D eigenvalue weighted by molar-refractivity contribution is 0.334. The van der Waals surface area contributed by atoms with E-state index in [0.29, 0.717) is 6.61 Å². The molecule has 0 N–H and O–H groups in total. The van der Waals surface area contributed by atoms with Crippen molar-refractivity contribution in [3.63, 3.8) is 0 Å². The molecule has 1 atom stereocenters.